The first-order valence-corrected chi connectivity index (χ1v) is 6.53. The van der Waals surface area contributed by atoms with Gasteiger partial charge in [-0.25, -0.2) is 0 Å². The lowest BCUT2D eigenvalue weighted by Gasteiger charge is -2.26. The van der Waals surface area contributed by atoms with Gasteiger partial charge in [0.15, 0.2) is 0 Å². The molecule has 18 heavy (non-hydrogen) atoms. The largest absolute Gasteiger partial charge is 0.469 e. The van der Waals surface area contributed by atoms with Crippen molar-refractivity contribution < 1.29 is 9.53 Å². The number of carbonyl (C=O) groups excluding carboxylic acids is 1. The molecule has 1 aromatic carbocycles. The van der Waals surface area contributed by atoms with Crippen LogP contribution >= 0.6 is 0 Å². The Morgan fingerprint density at radius 2 is 1.72 bits per heavy atom. The second kappa shape index (κ2) is 8.70. The summed E-state index contributed by atoms with van der Waals surface area (Å²) in [6.07, 6.45) is 4.19. The van der Waals surface area contributed by atoms with Crippen molar-refractivity contribution in [3.05, 3.63) is 35.9 Å². The average Bonchev–Trinajstić information content (AvgIpc) is 2.42. The standard InChI is InChI=1S/C12H17N.C3H6O2/c1-3-7-12(8-4-1)11-13-9-5-2-6-10-13;1-3(4)5-2/h1,3-4,7-8H,2,5-6,9-11H2;1-2H3. The first kappa shape index (κ1) is 14.7. The summed E-state index contributed by atoms with van der Waals surface area (Å²) in [4.78, 5) is 12.1. The minimum absolute atomic E-state index is 0.245. The molecule has 3 heteroatoms. The fourth-order valence-corrected chi connectivity index (χ4v) is 1.96. The van der Waals surface area contributed by atoms with Crippen molar-refractivity contribution in [3.63, 3.8) is 0 Å². The average molecular weight is 249 g/mol. The maximum Gasteiger partial charge on any atom is 0.302 e. The van der Waals surface area contributed by atoms with E-state index in [0.717, 1.165) is 6.54 Å². The van der Waals surface area contributed by atoms with E-state index in [4.69, 9.17) is 0 Å². The van der Waals surface area contributed by atoms with Gasteiger partial charge in [0.05, 0.1) is 7.11 Å². The van der Waals surface area contributed by atoms with Crippen molar-refractivity contribution in [3.8, 4) is 0 Å². The Labute approximate surface area is 110 Å². The molecule has 1 saturated heterocycles. The molecule has 0 saturated carbocycles. The maximum absolute atomic E-state index is 9.59. The fourth-order valence-electron chi connectivity index (χ4n) is 1.96. The van der Waals surface area contributed by atoms with Crippen LogP contribution in [0.3, 0.4) is 0 Å². The molecular weight excluding hydrogens is 226 g/mol. The van der Waals surface area contributed by atoms with Crippen LogP contribution in [0.15, 0.2) is 30.3 Å². The van der Waals surface area contributed by atoms with Crippen LogP contribution in [0.25, 0.3) is 0 Å². The predicted molar refractivity (Wildman–Crippen MR) is 73.3 cm³/mol. The van der Waals surface area contributed by atoms with E-state index in [-0.39, 0.29) is 5.97 Å². The van der Waals surface area contributed by atoms with Gasteiger partial charge < -0.3 is 4.74 Å². The minimum atomic E-state index is -0.245. The van der Waals surface area contributed by atoms with Gasteiger partial charge in [-0.15, -0.1) is 0 Å². The molecule has 0 radical (unpaired) electrons. The summed E-state index contributed by atoms with van der Waals surface area (Å²) in [5.41, 5.74) is 1.45. The van der Waals surface area contributed by atoms with Crippen molar-refractivity contribution in [2.45, 2.75) is 32.7 Å². The zero-order chi connectivity index (χ0) is 13.2. The van der Waals surface area contributed by atoms with Gasteiger partial charge in [-0.2, -0.15) is 0 Å². The zero-order valence-electron chi connectivity index (χ0n) is 11.4. The summed E-state index contributed by atoms with van der Waals surface area (Å²) in [5.74, 6) is -0.245. The van der Waals surface area contributed by atoms with Gasteiger partial charge >= 0.3 is 5.97 Å². The number of ether oxygens (including phenoxy) is 1. The van der Waals surface area contributed by atoms with E-state index in [1.807, 2.05) is 0 Å². The SMILES string of the molecule is COC(C)=O.c1ccc(CN2CCCCC2)cc1. The van der Waals surface area contributed by atoms with E-state index >= 15 is 0 Å². The molecular formula is C15H23NO2. The van der Waals surface area contributed by atoms with Crippen molar-refractivity contribution in [2.24, 2.45) is 0 Å². The first-order chi connectivity index (χ1) is 8.72. The normalized spacial score (nSPS) is 15.4. The number of likely N-dealkylation sites (tertiary alicyclic amines) is 1. The molecule has 100 valence electrons. The Hall–Kier alpha value is -1.35. The Morgan fingerprint density at radius 3 is 2.22 bits per heavy atom. The lowest BCUT2D eigenvalue weighted by molar-refractivity contribution is -0.137. The second-order valence-corrected chi connectivity index (χ2v) is 4.52. The lowest BCUT2D eigenvalue weighted by atomic mass is 10.1. The topological polar surface area (TPSA) is 29.5 Å². The van der Waals surface area contributed by atoms with Crippen LogP contribution in [0.5, 0.6) is 0 Å². The summed E-state index contributed by atoms with van der Waals surface area (Å²) in [7, 11) is 1.35. The van der Waals surface area contributed by atoms with Gasteiger partial charge in [0, 0.05) is 13.5 Å². The molecule has 0 amide bonds. The number of hydrogen-bond acceptors (Lipinski definition) is 3. The number of piperidine rings is 1. The third-order valence-electron chi connectivity index (χ3n) is 2.99. The van der Waals surface area contributed by atoms with Crippen molar-refractivity contribution in [1.29, 1.82) is 0 Å². The van der Waals surface area contributed by atoms with Gasteiger partial charge in [-0.1, -0.05) is 36.8 Å². The van der Waals surface area contributed by atoms with E-state index < -0.39 is 0 Å². The molecule has 3 nitrogen and oxygen atoms in total. The monoisotopic (exact) mass is 249 g/mol. The number of carbonyl (C=O) groups is 1. The van der Waals surface area contributed by atoms with E-state index in [2.05, 4.69) is 40.0 Å². The van der Waals surface area contributed by atoms with Crippen LogP contribution < -0.4 is 0 Å². The summed E-state index contributed by atoms with van der Waals surface area (Å²) in [6.45, 7) is 5.07. The highest BCUT2D eigenvalue weighted by molar-refractivity contribution is 5.65. The molecule has 1 aliphatic rings. The molecule has 1 heterocycles. The maximum atomic E-state index is 9.59. The predicted octanol–water partition coefficient (Wildman–Crippen LogP) is 2.85. The number of esters is 1. The Balaban J connectivity index is 0.000000280. The summed E-state index contributed by atoms with van der Waals surface area (Å²) in [5, 5.41) is 0. The van der Waals surface area contributed by atoms with Gasteiger partial charge in [-0.05, 0) is 31.5 Å². The highest BCUT2D eigenvalue weighted by Crippen LogP contribution is 2.12. The molecule has 1 aliphatic heterocycles. The van der Waals surface area contributed by atoms with Crippen LogP contribution in [0, 0.1) is 0 Å². The molecule has 0 aliphatic carbocycles. The third kappa shape index (κ3) is 6.40. The van der Waals surface area contributed by atoms with Crippen molar-refractivity contribution in [2.75, 3.05) is 20.2 Å². The molecule has 0 N–H and O–H groups in total. The number of methoxy groups -OCH3 is 1. The van der Waals surface area contributed by atoms with E-state index in [0.29, 0.717) is 0 Å². The number of benzene rings is 1. The van der Waals surface area contributed by atoms with E-state index in [9.17, 15) is 4.79 Å². The van der Waals surface area contributed by atoms with Crippen LogP contribution in [0.4, 0.5) is 0 Å². The Bertz CT molecular complexity index is 332. The molecule has 2 rings (SSSR count). The van der Waals surface area contributed by atoms with Crippen molar-refractivity contribution in [1.82, 2.24) is 4.90 Å². The van der Waals surface area contributed by atoms with E-state index in [1.165, 1.54) is 51.9 Å². The number of rotatable bonds is 2. The smallest absolute Gasteiger partial charge is 0.302 e. The van der Waals surface area contributed by atoms with Crippen molar-refractivity contribution >= 4 is 5.97 Å². The highest BCUT2D eigenvalue weighted by Gasteiger charge is 2.09. The van der Waals surface area contributed by atoms with E-state index in [1.54, 1.807) is 0 Å². The van der Waals surface area contributed by atoms with Crippen LogP contribution in [0.2, 0.25) is 0 Å². The van der Waals surface area contributed by atoms with Gasteiger partial charge in [0.1, 0.15) is 0 Å². The van der Waals surface area contributed by atoms with Crippen LogP contribution in [0.1, 0.15) is 31.7 Å². The third-order valence-corrected chi connectivity index (χ3v) is 2.99. The molecule has 1 fully saturated rings. The lowest BCUT2D eigenvalue weighted by Crippen LogP contribution is -2.28. The summed E-state index contributed by atoms with van der Waals surface area (Å²) < 4.78 is 4.11. The van der Waals surface area contributed by atoms with Crippen LogP contribution in [-0.2, 0) is 16.1 Å². The minimum Gasteiger partial charge on any atom is -0.469 e. The first-order valence-electron chi connectivity index (χ1n) is 6.53. The molecule has 0 spiro atoms. The Morgan fingerprint density at radius 1 is 1.17 bits per heavy atom. The molecule has 0 aromatic heterocycles. The van der Waals surface area contributed by atoms with Gasteiger partial charge in [-0.3, -0.25) is 9.69 Å². The molecule has 0 bridgehead atoms. The van der Waals surface area contributed by atoms with Gasteiger partial charge in [0.25, 0.3) is 0 Å². The quantitative estimate of drug-likeness (QED) is 0.755. The van der Waals surface area contributed by atoms with Crippen LogP contribution in [-0.4, -0.2) is 31.1 Å². The highest BCUT2D eigenvalue weighted by atomic mass is 16.5. The second-order valence-electron chi connectivity index (χ2n) is 4.52. The molecule has 1 aromatic rings. The fraction of sp³-hybridized carbons (Fsp3) is 0.533. The zero-order valence-corrected chi connectivity index (χ0v) is 11.4. The Kier molecular flexibility index (Phi) is 7.11. The van der Waals surface area contributed by atoms with Gasteiger partial charge in [0.2, 0.25) is 0 Å². The summed E-state index contributed by atoms with van der Waals surface area (Å²) in [6, 6.07) is 10.8. The number of hydrogen-bond donors (Lipinski definition) is 0. The summed E-state index contributed by atoms with van der Waals surface area (Å²) >= 11 is 0. The molecule has 0 atom stereocenters. The number of nitrogens with zero attached hydrogens (tertiary/aromatic N) is 1. The molecule has 0 unspecified atom stereocenters.